The lowest BCUT2D eigenvalue weighted by molar-refractivity contribution is 0.300. The monoisotopic (exact) mass is 271 g/mol. The molecule has 0 aliphatic heterocycles. The molecule has 0 fully saturated rings. The van der Waals surface area contributed by atoms with E-state index in [1.54, 1.807) is 24.3 Å². The average Bonchev–Trinajstić information content (AvgIpc) is 2.46. The molecule has 0 bridgehead atoms. The first-order valence-corrected chi connectivity index (χ1v) is 5.88. The highest BCUT2D eigenvalue weighted by atomic mass is 19.1. The highest BCUT2D eigenvalue weighted by Gasteiger charge is 2.12. The maximum Gasteiger partial charge on any atom is 0.488 e. The van der Waals surface area contributed by atoms with Crippen LogP contribution < -0.4 is 10.2 Å². The molecule has 6 heteroatoms. The van der Waals surface area contributed by atoms with E-state index in [1.165, 1.54) is 24.3 Å². The molecule has 0 unspecified atom stereocenters. The Labute approximate surface area is 115 Å². The van der Waals surface area contributed by atoms with Crippen LogP contribution in [-0.4, -0.2) is 17.2 Å². The van der Waals surface area contributed by atoms with Crippen molar-refractivity contribution in [2.24, 2.45) is 0 Å². The van der Waals surface area contributed by atoms with Gasteiger partial charge in [-0.05, 0) is 23.7 Å². The van der Waals surface area contributed by atoms with Crippen LogP contribution in [-0.2, 0) is 6.61 Å². The molecule has 0 spiro atoms. The van der Waals surface area contributed by atoms with Crippen LogP contribution >= 0.6 is 0 Å². The Hall–Kier alpha value is -2.36. The molecule has 0 radical (unpaired) electrons. The largest absolute Gasteiger partial charge is 0.489 e. The number of nitriles is 1. The van der Waals surface area contributed by atoms with Gasteiger partial charge in [0, 0.05) is 5.56 Å². The van der Waals surface area contributed by atoms with Crippen molar-refractivity contribution < 1.29 is 19.2 Å². The third kappa shape index (κ3) is 3.15. The van der Waals surface area contributed by atoms with Gasteiger partial charge in [-0.15, -0.1) is 0 Å². The van der Waals surface area contributed by atoms with E-state index in [9.17, 15) is 4.39 Å². The van der Waals surface area contributed by atoms with E-state index in [4.69, 9.17) is 20.0 Å². The molecule has 2 rings (SSSR count). The number of ether oxygens (including phenoxy) is 1. The highest BCUT2D eigenvalue weighted by molar-refractivity contribution is 6.58. The van der Waals surface area contributed by atoms with E-state index in [2.05, 4.69) is 0 Å². The van der Waals surface area contributed by atoms with Gasteiger partial charge < -0.3 is 14.8 Å². The number of rotatable bonds is 4. The second-order valence-corrected chi connectivity index (χ2v) is 4.13. The van der Waals surface area contributed by atoms with Crippen LogP contribution in [0.15, 0.2) is 42.5 Å². The van der Waals surface area contributed by atoms with Crippen LogP contribution in [0.5, 0.6) is 5.75 Å². The zero-order valence-electron chi connectivity index (χ0n) is 10.5. The van der Waals surface area contributed by atoms with Crippen molar-refractivity contribution in [2.75, 3.05) is 0 Å². The lowest BCUT2D eigenvalue weighted by atomic mass is 9.80. The van der Waals surface area contributed by atoms with Crippen LogP contribution in [0.1, 0.15) is 11.1 Å². The molecule has 100 valence electrons. The van der Waals surface area contributed by atoms with E-state index in [-0.39, 0.29) is 23.2 Å². The van der Waals surface area contributed by atoms with Gasteiger partial charge in [-0.25, -0.2) is 4.39 Å². The first-order chi connectivity index (χ1) is 9.61. The van der Waals surface area contributed by atoms with E-state index < -0.39 is 12.9 Å². The molecular weight excluding hydrogens is 260 g/mol. The summed E-state index contributed by atoms with van der Waals surface area (Å²) in [5, 5.41) is 26.8. The Kier molecular flexibility index (Phi) is 4.36. The van der Waals surface area contributed by atoms with Gasteiger partial charge in [0.1, 0.15) is 24.2 Å². The summed E-state index contributed by atoms with van der Waals surface area (Å²) in [5.74, 6) is -0.217. The zero-order chi connectivity index (χ0) is 14.5. The lowest BCUT2D eigenvalue weighted by Crippen LogP contribution is -2.29. The second kappa shape index (κ2) is 6.19. The summed E-state index contributed by atoms with van der Waals surface area (Å²) in [6.07, 6.45) is 0. The second-order valence-electron chi connectivity index (χ2n) is 4.13. The normalized spacial score (nSPS) is 9.90. The minimum Gasteiger partial charge on any atom is -0.489 e. The fourth-order valence-corrected chi connectivity index (χ4v) is 1.70. The number of nitrogens with zero attached hydrogens (tertiary/aromatic N) is 1. The molecule has 0 saturated carbocycles. The van der Waals surface area contributed by atoms with E-state index in [1.807, 2.05) is 0 Å². The molecule has 0 aliphatic rings. The Balaban J connectivity index is 2.13. The Morgan fingerprint density at radius 3 is 2.65 bits per heavy atom. The summed E-state index contributed by atoms with van der Waals surface area (Å²) in [4.78, 5) is 0. The van der Waals surface area contributed by atoms with Gasteiger partial charge in [-0.1, -0.05) is 24.3 Å². The quantitative estimate of drug-likeness (QED) is 0.812. The molecule has 0 amide bonds. The maximum atomic E-state index is 13.8. The van der Waals surface area contributed by atoms with Crippen molar-refractivity contribution in [3.63, 3.8) is 0 Å². The van der Waals surface area contributed by atoms with Crippen molar-refractivity contribution in [1.82, 2.24) is 0 Å². The number of benzene rings is 2. The topological polar surface area (TPSA) is 73.5 Å². The molecule has 0 heterocycles. The molecule has 0 saturated heterocycles. The standard InChI is InChI=1S/C14H11BFNO3/c16-14-10(8-17)3-1-4-11(14)9-20-13-6-2-5-12(7-13)15(18)19/h1-7,18-19H,9H2. The maximum absolute atomic E-state index is 13.8. The molecule has 4 nitrogen and oxygen atoms in total. The van der Waals surface area contributed by atoms with Crippen molar-refractivity contribution in [1.29, 1.82) is 5.26 Å². The molecule has 0 atom stereocenters. The summed E-state index contributed by atoms with van der Waals surface area (Å²) in [6.45, 7) is -0.0493. The van der Waals surface area contributed by atoms with Crippen LogP contribution in [0, 0.1) is 17.1 Å². The Morgan fingerprint density at radius 1 is 1.20 bits per heavy atom. The predicted molar refractivity (Wildman–Crippen MR) is 71.7 cm³/mol. The molecular formula is C14H11BFNO3. The fraction of sp³-hybridized carbons (Fsp3) is 0.0714. The molecule has 2 N–H and O–H groups in total. The van der Waals surface area contributed by atoms with Gasteiger partial charge in [0.15, 0.2) is 0 Å². The van der Waals surface area contributed by atoms with E-state index >= 15 is 0 Å². The number of hydrogen-bond acceptors (Lipinski definition) is 4. The minimum absolute atomic E-state index is 0.0365. The summed E-state index contributed by atoms with van der Waals surface area (Å²) < 4.78 is 19.2. The first kappa shape index (κ1) is 14.1. The Morgan fingerprint density at radius 2 is 1.95 bits per heavy atom. The van der Waals surface area contributed by atoms with Crippen LogP contribution in [0.25, 0.3) is 0 Å². The summed E-state index contributed by atoms with van der Waals surface area (Å²) in [6, 6.07) is 12.5. The molecule has 0 aliphatic carbocycles. The van der Waals surface area contributed by atoms with Gasteiger partial charge in [-0.2, -0.15) is 5.26 Å². The third-order valence-electron chi connectivity index (χ3n) is 2.75. The van der Waals surface area contributed by atoms with Gasteiger partial charge in [0.2, 0.25) is 0 Å². The van der Waals surface area contributed by atoms with Crippen molar-refractivity contribution in [2.45, 2.75) is 6.61 Å². The SMILES string of the molecule is N#Cc1cccc(COc2cccc(B(O)O)c2)c1F. The van der Waals surface area contributed by atoms with Crippen LogP contribution in [0.4, 0.5) is 4.39 Å². The van der Waals surface area contributed by atoms with Crippen LogP contribution in [0.3, 0.4) is 0 Å². The summed E-state index contributed by atoms with van der Waals surface area (Å²) >= 11 is 0. The van der Waals surface area contributed by atoms with Crippen molar-refractivity contribution in [3.8, 4) is 11.8 Å². The fourth-order valence-electron chi connectivity index (χ4n) is 1.70. The van der Waals surface area contributed by atoms with Gasteiger partial charge >= 0.3 is 7.12 Å². The number of halogens is 1. The van der Waals surface area contributed by atoms with Crippen molar-refractivity contribution >= 4 is 12.6 Å². The summed E-state index contributed by atoms with van der Waals surface area (Å²) in [5.41, 5.74) is 0.512. The van der Waals surface area contributed by atoms with E-state index in [0.717, 1.165) is 0 Å². The zero-order valence-corrected chi connectivity index (χ0v) is 10.5. The van der Waals surface area contributed by atoms with Crippen LogP contribution in [0.2, 0.25) is 0 Å². The highest BCUT2D eigenvalue weighted by Crippen LogP contribution is 2.15. The molecule has 20 heavy (non-hydrogen) atoms. The number of hydrogen-bond donors (Lipinski definition) is 2. The van der Waals surface area contributed by atoms with Gasteiger partial charge in [0.05, 0.1) is 5.56 Å². The molecule has 2 aromatic carbocycles. The molecule has 0 aromatic heterocycles. The third-order valence-corrected chi connectivity index (χ3v) is 2.75. The minimum atomic E-state index is -1.59. The Bertz CT molecular complexity index is 655. The lowest BCUT2D eigenvalue weighted by Gasteiger charge is -2.09. The van der Waals surface area contributed by atoms with Crippen molar-refractivity contribution in [3.05, 3.63) is 59.4 Å². The smallest absolute Gasteiger partial charge is 0.488 e. The van der Waals surface area contributed by atoms with Gasteiger partial charge in [0.25, 0.3) is 0 Å². The first-order valence-electron chi connectivity index (χ1n) is 5.88. The summed E-state index contributed by atoms with van der Waals surface area (Å²) in [7, 11) is -1.59. The van der Waals surface area contributed by atoms with Gasteiger partial charge in [-0.3, -0.25) is 0 Å². The predicted octanol–water partition coefficient (Wildman–Crippen LogP) is 0.956. The average molecular weight is 271 g/mol. The molecule has 2 aromatic rings. The van der Waals surface area contributed by atoms with E-state index in [0.29, 0.717) is 5.75 Å².